The zero-order valence-corrected chi connectivity index (χ0v) is 10.6. The predicted octanol–water partition coefficient (Wildman–Crippen LogP) is 2.46. The summed E-state index contributed by atoms with van der Waals surface area (Å²) in [4.78, 5) is 9.78. The van der Waals surface area contributed by atoms with Gasteiger partial charge in [-0.1, -0.05) is 0 Å². The van der Waals surface area contributed by atoms with E-state index in [0.29, 0.717) is 0 Å². The molecule has 0 aliphatic carbocycles. The number of hydrogen-bond acceptors (Lipinski definition) is 6. The maximum atomic E-state index is 13.6. The minimum Gasteiger partial charge on any atom is -0.504 e. The minimum absolute atomic E-state index is 0.00700. The lowest BCUT2D eigenvalue weighted by Gasteiger charge is -2.10. The molecule has 4 N–H and O–H groups in total. The van der Waals surface area contributed by atoms with Crippen LogP contribution in [0.25, 0.3) is 0 Å². The van der Waals surface area contributed by atoms with Gasteiger partial charge in [0.15, 0.2) is 17.3 Å². The molecule has 0 amide bonds. The molecule has 0 radical (unpaired) electrons. The molecule has 0 saturated carbocycles. The highest BCUT2D eigenvalue weighted by molar-refractivity contribution is 5.55. The monoisotopic (exact) mass is 294 g/mol. The van der Waals surface area contributed by atoms with Crippen LogP contribution in [0.3, 0.4) is 0 Å². The smallest absolute Gasteiger partial charge is 0.272 e. The van der Waals surface area contributed by atoms with Crippen molar-refractivity contribution < 1.29 is 24.6 Å². The van der Waals surface area contributed by atoms with Crippen LogP contribution >= 0.6 is 0 Å². The first-order valence-corrected chi connectivity index (χ1v) is 5.80. The molecular weight excluding hydrogens is 283 g/mol. The third-order valence-corrected chi connectivity index (χ3v) is 2.85. The first-order chi connectivity index (χ1) is 9.90. The quantitative estimate of drug-likeness (QED) is 0.391. The Labute approximate surface area is 118 Å². The molecule has 2 aromatic rings. The molecule has 0 atom stereocenters. The molecule has 0 aliphatic rings. The molecule has 0 unspecified atom stereocenters. The molecule has 8 heteroatoms. The number of benzene rings is 2. The molecule has 0 saturated heterocycles. The molecule has 0 bridgehead atoms. The zero-order chi connectivity index (χ0) is 15.6. The lowest BCUT2D eigenvalue weighted by atomic mass is 10.1. The van der Waals surface area contributed by atoms with E-state index < -0.39 is 28.0 Å². The van der Waals surface area contributed by atoms with Crippen LogP contribution in [0.5, 0.6) is 17.2 Å². The number of halogens is 1. The Bertz CT molecular complexity index is 705. The second-order valence-electron chi connectivity index (χ2n) is 4.22. The summed E-state index contributed by atoms with van der Waals surface area (Å²) in [6.45, 7) is -0.0472. The zero-order valence-electron chi connectivity index (χ0n) is 10.6. The Balaban J connectivity index is 2.17. The van der Waals surface area contributed by atoms with E-state index in [0.717, 1.165) is 12.1 Å². The summed E-state index contributed by atoms with van der Waals surface area (Å²) in [5.74, 6) is -2.48. The molecule has 0 fully saturated rings. The van der Waals surface area contributed by atoms with Crippen LogP contribution < -0.4 is 5.32 Å². The van der Waals surface area contributed by atoms with E-state index in [2.05, 4.69) is 5.32 Å². The van der Waals surface area contributed by atoms with Gasteiger partial charge in [0, 0.05) is 18.2 Å². The highest BCUT2D eigenvalue weighted by Gasteiger charge is 2.13. The van der Waals surface area contributed by atoms with Crippen molar-refractivity contribution in [3.05, 3.63) is 51.8 Å². The van der Waals surface area contributed by atoms with Gasteiger partial charge in [0.05, 0.1) is 16.7 Å². The molecule has 110 valence electrons. The number of phenols is 3. The van der Waals surface area contributed by atoms with Crippen LogP contribution in [-0.2, 0) is 6.54 Å². The van der Waals surface area contributed by atoms with Gasteiger partial charge in [0.1, 0.15) is 0 Å². The average molecular weight is 294 g/mol. The van der Waals surface area contributed by atoms with E-state index in [1.807, 2.05) is 0 Å². The van der Waals surface area contributed by atoms with Gasteiger partial charge in [0.2, 0.25) is 5.75 Å². The summed E-state index contributed by atoms with van der Waals surface area (Å²) < 4.78 is 13.6. The molecular formula is C13H11FN2O5. The number of anilines is 1. The highest BCUT2D eigenvalue weighted by atomic mass is 19.1. The van der Waals surface area contributed by atoms with Crippen LogP contribution in [0.4, 0.5) is 15.8 Å². The van der Waals surface area contributed by atoms with Crippen molar-refractivity contribution in [2.24, 2.45) is 0 Å². The topological polar surface area (TPSA) is 116 Å². The number of rotatable bonds is 4. The predicted molar refractivity (Wildman–Crippen MR) is 71.8 cm³/mol. The SMILES string of the molecule is O=[N+]([O-])c1ccc(NCc2ccc(O)c(O)c2O)c(F)c1. The normalized spacial score (nSPS) is 10.3. The van der Waals surface area contributed by atoms with Gasteiger partial charge in [-0.15, -0.1) is 0 Å². The van der Waals surface area contributed by atoms with Gasteiger partial charge >= 0.3 is 0 Å². The fourth-order valence-electron chi connectivity index (χ4n) is 1.70. The van der Waals surface area contributed by atoms with Crippen LogP contribution in [0, 0.1) is 15.9 Å². The highest BCUT2D eigenvalue weighted by Crippen LogP contribution is 2.37. The van der Waals surface area contributed by atoms with E-state index in [1.54, 1.807) is 0 Å². The van der Waals surface area contributed by atoms with Crippen molar-refractivity contribution in [1.29, 1.82) is 0 Å². The van der Waals surface area contributed by atoms with Crippen molar-refractivity contribution in [2.75, 3.05) is 5.32 Å². The fourth-order valence-corrected chi connectivity index (χ4v) is 1.70. The van der Waals surface area contributed by atoms with Crippen molar-refractivity contribution in [1.82, 2.24) is 0 Å². The number of aromatic hydroxyl groups is 3. The minimum atomic E-state index is -0.813. The van der Waals surface area contributed by atoms with Gasteiger partial charge in [-0.2, -0.15) is 0 Å². The molecule has 0 aliphatic heterocycles. The molecule has 2 rings (SSSR count). The number of nitrogens with one attached hydrogen (secondary N) is 1. The Kier molecular flexibility index (Phi) is 3.79. The van der Waals surface area contributed by atoms with Crippen molar-refractivity contribution >= 4 is 11.4 Å². The third-order valence-electron chi connectivity index (χ3n) is 2.85. The van der Waals surface area contributed by atoms with Gasteiger partial charge in [-0.05, 0) is 18.2 Å². The summed E-state index contributed by atoms with van der Waals surface area (Å²) in [5.41, 5.74) is -0.140. The maximum absolute atomic E-state index is 13.6. The summed E-state index contributed by atoms with van der Waals surface area (Å²) in [6, 6.07) is 5.64. The molecule has 7 nitrogen and oxygen atoms in total. The average Bonchev–Trinajstić information content (AvgIpc) is 2.45. The van der Waals surface area contributed by atoms with E-state index in [1.165, 1.54) is 18.2 Å². The van der Waals surface area contributed by atoms with Crippen LogP contribution in [0.2, 0.25) is 0 Å². The number of non-ortho nitro benzene ring substituents is 1. The summed E-state index contributed by atoms with van der Waals surface area (Å²) in [5, 5.41) is 41.3. The Morgan fingerprint density at radius 2 is 1.86 bits per heavy atom. The number of nitrogens with zero attached hydrogens (tertiary/aromatic N) is 1. The van der Waals surface area contributed by atoms with E-state index in [9.17, 15) is 29.8 Å². The number of hydrogen-bond donors (Lipinski definition) is 4. The number of nitro benzene ring substituents is 1. The lowest BCUT2D eigenvalue weighted by molar-refractivity contribution is -0.385. The molecule has 0 heterocycles. The number of nitro groups is 1. The second kappa shape index (κ2) is 5.53. The molecule has 2 aromatic carbocycles. The third kappa shape index (κ3) is 2.94. The molecule has 0 spiro atoms. The van der Waals surface area contributed by atoms with Crippen molar-refractivity contribution in [3.8, 4) is 17.2 Å². The van der Waals surface area contributed by atoms with Gasteiger partial charge in [-0.3, -0.25) is 10.1 Å². The standard InChI is InChI=1S/C13H11FN2O5/c14-9-5-8(16(20)21)2-3-10(9)15-6-7-1-4-11(17)13(19)12(7)18/h1-5,15,17-19H,6H2. The lowest BCUT2D eigenvalue weighted by Crippen LogP contribution is -2.02. The molecule has 21 heavy (non-hydrogen) atoms. The number of phenolic OH excluding ortho intramolecular Hbond substituents is 3. The van der Waals surface area contributed by atoms with E-state index in [4.69, 9.17) is 0 Å². The summed E-state index contributed by atoms with van der Waals surface area (Å²) in [7, 11) is 0. The first kappa shape index (κ1) is 14.4. The van der Waals surface area contributed by atoms with E-state index in [-0.39, 0.29) is 23.5 Å². The summed E-state index contributed by atoms with van der Waals surface area (Å²) >= 11 is 0. The van der Waals surface area contributed by atoms with Crippen LogP contribution in [0.15, 0.2) is 30.3 Å². The van der Waals surface area contributed by atoms with Crippen LogP contribution in [-0.4, -0.2) is 20.2 Å². The van der Waals surface area contributed by atoms with Crippen molar-refractivity contribution in [2.45, 2.75) is 6.54 Å². The molecule has 0 aromatic heterocycles. The fraction of sp³-hybridized carbons (Fsp3) is 0.0769. The summed E-state index contributed by atoms with van der Waals surface area (Å²) in [6.07, 6.45) is 0. The van der Waals surface area contributed by atoms with Gasteiger partial charge in [0.25, 0.3) is 5.69 Å². The Hall–Kier alpha value is -3.03. The second-order valence-corrected chi connectivity index (χ2v) is 4.22. The Morgan fingerprint density at radius 1 is 1.14 bits per heavy atom. The van der Waals surface area contributed by atoms with Crippen molar-refractivity contribution in [3.63, 3.8) is 0 Å². The maximum Gasteiger partial charge on any atom is 0.272 e. The van der Waals surface area contributed by atoms with Crippen LogP contribution in [0.1, 0.15) is 5.56 Å². The van der Waals surface area contributed by atoms with E-state index >= 15 is 0 Å². The largest absolute Gasteiger partial charge is 0.504 e. The Morgan fingerprint density at radius 3 is 2.48 bits per heavy atom. The van der Waals surface area contributed by atoms with Gasteiger partial charge < -0.3 is 20.6 Å². The van der Waals surface area contributed by atoms with Gasteiger partial charge in [-0.25, -0.2) is 4.39 Å². The first-order valence-electron chi connectivity index (χ1n) is 5.80.